The highest BCUT2D eigenvalue weighted by molar-refractivity contribution is 7.57. The van der Waals surface area contributed by atoms with Crippen LogP contribution in [0.5, 0.6) is 5.75 Å². The molecule has 5 aliphatic rings. The number of hydrogen-bond acceptors (Lipinski definition) is 10. The molecule has 1 saturated carbocycles. The largest absolute Gasteiger partial charge is 0.465 e. The SMILES string of the molecule is CCCOC(=O)[C@H](C)N[P@](=O)(Oc1ccccc1)[C@@H](F)c1ccc2sc(C(=O)N[C@H]3CC[C@H](N(C)[C@@H]4CCOC4)C[C@H]4CC[C@@H](C(=O)N5C[C@H](c6ccccc6)CC56CC6)N4C3=O)cc2c1. The lowest BCUT2D eigenvalue weighted by atomic mass is 9.92. The molecule has 0 radical (unpaired) electrons. The highest BCUT2D eigenvalue weighted by atomic mass is 32.1. The number of halogens is 1. The molecule has 1 spiro atoms. The quantitative estimate of drug-likeness (QED) is 0.0881. The zero-order valence-corrected chi connectivity index (χ0v) is 39.7. The van der Waals surface area contributed by atoms with Gasteiger partial charge in [-0.2, -0.15) is 0 Å². The van der Waals surface area contributed by atoms with E-state index in [2.05, 4.69) is 39.4 Å². The molecule has 66 heavy (non-hydrogen) atoms. The minimum Gasteiger partial charge on any atom is -0.465 e. The number of benzene rings is 3. The van der Waals surface area contributed by atoms with Gasteiger partial charge in [0.1, 0.15) is 23.9 Å². The van der Waals surface area contributed by atoms with Crippen LogP contribution in [-0.2, 0) is 28.4 Å². The number of amides is 3. The number of nitrogens with zero attached hydrogens (tertiary/aromatic N) is 3. The lowest BCUT2D eigenvalue weighted by molar-refractivity contribution is -0.148. The minimum atomic E-state index is -4.47. The van der Waals surface area contributed by atoms with E-state index in [1.165, 1.54) is 36.0 Å². The van der Waals surface area contributed by atoms with Gasteiger partial charge in [0, 0.05) is 47.4 Å². The molecular formula is C50H61FN5O8PS. The summed E-state index contributed by atoms with van der Waals surface area (Å²) < 4.78 is 48.7. The summed E-state index contributed by atoms with van der Waals surface area (Å²) in [6.45, 7) is 5.46. The van der Waals surface area contributed by atoms with Crippen LogP contribution in [0.15, 0.2) is 84.9 Å². The third-order valence-electron chi connectivity index (χ3n) is 14.5. The summed E-state index contributed by atoms with van der Waals surface area (Å²) in [5.74, 6) is -3.12. The summed E-state index contributed by atoms with van der Waals surface area (Å²) in [6, 6.07) is 22.5. The van der Waals surface area contributed by atoms with E-state index >= 15 is 4.39 Å². The molecule has 9 rings (SSSR count). The smallest absolute Gasteiger partial charge is 0.355 e. The first-order valence-electron chi connectivity index (χ1n) is 23.6. The maximum atomic E-state index is 16.7. The summed E-state index contributed by atoms with van der Waals surface area (Å²) in [5.41, 5.74) is 1.11. The molecule has 13 nitrogen and oxygen atoms in total. The first-order valence-corrected chi connectivity index (χ1v) is 26.1. The van der Waals surface area contributed by atoms with Crippen molar-refractivity contribution in [2.24, 2.45) is 0 Å². The van der Waals surface area contributed by atoms with E-state index in [9.17, 15) is 23.7 Å². The van der Waals surface area contributed by atoms with Crippen molar-refractivity contribution in [3.63, 3.8) is 0 Å². The van der Waals surface area contributed by atoms with Gasteiger partial charge in [-0.25, -0.2) is 9.48 Å². The van der Waals surface area contributed by atoms with Crippen LogP contribution in [0.2, 0.25) is 0 Å². The van der Waals surface area contributed by atoms with Gasteiger partial charge >= 0.3 is 13.5 Å². The molecule has 1 aliphatic carbocycles. The maximum absolute atomic E-state index is 16.7. The molecule has 352 valence electrons. The van der Waals surface area contributed by atoms with Gasteiger partial charge in [-0.15, -0.1) is 11.3 Å². The molecule has 0 bridgehead atoms. The van der Waals surface area contributed by atoms with Gasteiger partial charge in [-0.1, -0.05) is 61.5 Å². The van der Waals surface area contributed by atoms with E-state index in [0.29, 0.717) is 66.8 Å². The Morgan fingerprint density at radius 2 is 1.74 bits per heavy atom. The van der Waals surface area contributed by atoms with Crippen LogP contribution in [0.1, 0.15) is 111 Å². The van der Waals surface area contributed by atoms with Crippen molar-refractivity contribution in [3.05, 3.63) is 101 Å². The second kappa shape index (κ2) is 19.5. The Kier molecular flexibility index (Phi) is 13.7. The summed E-state index contributed by atoms with van der Waals surface area (Å²) in [7, 11) is -2.34. The number of thiophene rings is 1. The molecule has 3 aromatic carbocycles. The fourth-order valence-electron chi connectivity index (χ4n) is 10.7. The minimum absolute atomic E-state index is 0.0211. The number of para-hydroxylation sites is 1. The molecular weight excluding hydrogens is 881 g/mol. The number of carbonyl (C=O) groups is 4. The highest BCUT2D eigenvalue weighted by Crippen LogP contribution is 2.58. The van der Waals surface area contributed by atoms with E-state index in [0.717, 1.165) is 32.1 Å². The number of hydrogen-bond donors (Lipinski definition) is 2. The third kappa shape index (κ3) is 9.56. The number of likely N-dealkylation sites (tertiary alicyclic amines) is 1. The second-order valence-electron chi connectivity index (χ2n) is 18.9. The first-order chi connectivity index (χ1) is 31.9. The Labute approximate surface area is 390 Å². The zero-order valence-electron chi connectivity index (χ0n) is 37.9. The van der Waals surface area contributed by atoms with Crippen molar-refractivity contribution >= 4 is 52.6 Å². The van der Waals surface area contributed by atoms with Crippen molar-refractivity contribution in [2.75, 3.05) is 33.4 Å². The Hall–Kier alpha value is -4.66. The van der Waals surface area contributed by atoms with Gasteiger partial charge in [0.25, 0.3) is 5.91 Å². The Morgan fingerprint density at radius 3 is 2.45 bits per heavy atom. The van der Waals surface area contributed by atoms with E-state index in [1.54, 1.807) is 42.5 Å². The van der Waals surface area contributed by atoms with E-state index in [1.807, 2.05) is 30.0 Å². The number of likely N-dealkylation sites (N-methyl/N-ethyl adjacent to an activating group) is 1. The lowest BCUT2D eigenvalue weighted by Gasteiger charge is -2.42. The summed E-state index contributed by atoms with van der Waals surface area (Å²) in [4.78, 5) is 63.5. The van der Waals surface area contributed by atoms with Crippen molar-refractivity contribution in [1.29, 1.82) is 0 Å². The average Bonchev–Trinajstić information content (AvgIpc) is 3.79. The number of alkyl halides is 1. The molecule has 16 heteroatoms. The van der Waals surface area contributed by atoms with Gasteiger partial charge in [-0.05, 0) is 125 Å². The Bertz CT molecular complexity index is 2450. The molecule has 3 amide bonds. The second-order valence-corrected chi connectivity index (χ2v) is 22.1. The monoisotopic (exact) mass is 941 g/mol. The molecule has 5 fully saturated rings. The fraction of sp³-hybridized carbons (Fsp3) is 0.520. The van der Waals surface area contributed by atoms with E-state index < -0.39 is 43.4 Å². The standard InChI is InChI=1S/C50H61FN5O8PS/c1-4-24-63-49(60)32(2)53-65(61,64-40-13-9-6-10-14-40)45(51)34-15-20-43-35(26-34)27-44(66-43)46(57)52-41-18-16-37(54(3)39-21-25-62-31-39)28-38-17-19-42(56(38)47(41)58)48(59)55-30-36(29-50(55)22-23-50)33-11-7-5-8-12-33/h5-15,20,26-27,32,36-39,41-42,45H,4,16-19,21-25,28-31H2,1-3H3,(H,52,57)(H,53,61)/t32-,36+,37-,38+,39+,41-,42-,45+,65+/m0/s1. The lowest BCUT2D eigenvalue weighted by Crippen LogP contribution is -2.59. The van der Waals surface area contributed by atoms with Crippen LogP contribution in [0.25, 0.3) is 10.1 Å². The van der Waals surface area contributed by atoms with Crippen LogP contribution < -0.4 is 14.9 Å². The molecule has 0 unspecified atom stereocenters. The Morgan fingerprint density at radius 1 is 0.985 bits per heavy atom. The summed E-state index contributed by atoms with van der Waals surface area (Å²) >= 11 is 1.21. The van der Waals surface area contributed by atoms with E-state index in [4.69, 9.17) is 14.0 Å². The van der Waals surface area contributed by atoms with Crippen LogP contribution in [-0.4, -0.2) is 114 Å². The molecule has 2 N–H and O–H groups in total. The van der Waals surface area contributed by atoms with Crippen molar-refractivity contribution in [3.8, 4) is 5.75 Å². The van der Waals surface area contributed by atoms with Gasteiger partial charge in [0.15, 0.2) is 0 Å². The molecule has 5 heterocycles. The van der Waals surface area contributed by atoms with Gasteiger partial charge in [-0.3, -0.25) is 28.6 Å². The zero-order chi connectivity index (χ0) is 46.2. The van der Waals surface area contributed by atoms with E-state index in [-0.39, 0.29) is 59.3 Å². The number of esters is 1. The van der Waals surface area contributed by atoms with Crippen molar-refractivity contribution < 1.29 is 42.1 Å². The topological polar surface area (TPSA) is 147 Å². The molecule has 1 aromatic heterocycles. The molecule has 9 atom stereocenters. The van der Waals surface area contributed by atoms with Crippen molar-refractivity contribution in [1.82, 2.24) is 25.1 Å². The van der Waals surface area contributed by atoms with Crippen molar-refractivity contribution in [2.45, 2.75) is 132 Å². The van der Waals surface area contributed by atoms with Crippen LogP contribution in [0, 0.1) is 0 Å². The summed E-state index contributed by atoms with van der Waals surface area (Å²) in [5, 5.41) is 6.25. The molecule has 4 saturated heterocycles. The number of ether oxygens (including phenoxy) is 2. The molecule has 4 aromatic rings. The average molecular weight is 942 g/mol. The number of rotatable bonds is 15. The van der Waals surface area contributed by atoms with Crippen LogP contribution in [0.4, 0.5) is 4.39 Å². The first kappa shape index (κ1) is 46.5. The van der Waals surface area contributed by atoms with Gasteiger partial charge in [0.05, 0.1) is 18.1 Å². The van der Waals surface area contributed by atoms with Gasteiger partial charge < -0.3 is 29.1 Å². The summed E-state index contributed by atoms with van der Waals surface area (Å²) in [6.07, 6.45) is 7.50. The number of carbonyl (C=O) groups excluding carboxylic acids is 4. The van der Waals surface area contributed by atoms with Crippen LogP contribution >= 0.6 is 18.9 Å². The third-order valence-corrected chi connectivity index (χ3v) is 17.7. The van der Waals surface area contributed by atoms with Gasteiger partial charge in [0.2, 0.25) is 17.7 Å². The normalized spacial score (nSPS) is 26.7. The van der Waals surface area contributed by atoms with Crippen LogP contribution in [0.3, 0.4) is 0 Å². The molecule has 4 aliphatic heterocycles. The predicted octanol–water partition coefficient (Wildman–Crippen LogP) is 8.35. The number of nitrogens with one attached hydrogen (secondary N) is 2. The number of fused-ring (bicyclic) bond motifs is 2. The Balaban J connectivity index is 0.954. The highest BCUT2D eigenvalue weighted by Gasteiger charge is 2.59. The maximum Gasteiger partial charge on any atom is 0.355 e. The fourth-order valence-corrected chi connectivity index (χ4v) is 13.6. The predicted molar refractivity (Wildman–Crippen MR) is 251 cm³/mol.